The van der Waals surface area contributed by atoms with Gasteiger partial charge in [-0.1, -0.05) is 12.1 Å². The summed E-state index contributed by atoms with van der Waals surface area (Å²) in [5.41, 5.74) is 2.11. The third-order valence-electron chi connectivity index (χ3n) is 4.53. The fourth-order valence-corrected chi connectivity index (χ4v) is 4.05. The fourth-order valence-electron chi connectivity index (χ4n) is 3.16. The van der Waals surface area contributed by atoms with Crippen molar-refractivity contribution >= 4 is 23.2 Å². The summed E-state index contributed by atoms with van der Waals surface area (Å²) in [6.07, 6.45) is 0.919. The molecule has 0 saturated carbocycles. The maximum Gasteiger partial charge on any atom is 0.244 e. The number of hydrogen-bond donors (Lipinski definition) is 1. The zero-order chi connectivity index (χ0) is 19.2. The number of aliphatic imine (C=N–C) groups is 1. The van der Waals surface area contributed by atoms with Crippen molar-refractivity contribution in [2.45, 2.75) is 26.4 Å². The number of halogens is 1. The van der Waals surface area contributed by atoms with E-state index in [1.54, 1.807) is 17.4 Å². The molecular formula is C20H25FN4OS. The number of carbonyl (C=O) groups excluding carboxylic acids is 1. The molecule has 27 heavy (non-hydrogen) atoms. The van der Waals surface area contributed by atoms with Crippen molar-refractivity contribution in [3.8, 4) is 0 Å². The van der Waals surface area contributed by atoms with Crippen LogP contribution >= 0.6 is 11.3 Å². The number of amides is 1. The van der Waals surface area contributed by atoms with Gasteiger partial charge in [-0.3, -0.25) is 4.79 Å². The molecule has 1 amide bonds. The molecule has 0 fully saturated rings. The molecule has 3 rings (SSSR count). The van der Waals surface area contributed by atoms with Crippen LogP contribution in [0.5, 0.6) is 0 Å². The third-order valence-corrected chi connectivity index (χ3v) is 5.55. The van der Waals surface area contributed by atoms with Crippen LogP contribution < -0.4 is 5.32 Å². The quantitative estimate of drug-likeness (QED) is 0.633. The van der Waals surface area contributed by atoms with E-state index in [4.69, 9.17) is 0 Å². The molecule has 1 aromatic carbocycles. The number of benzene rings is 1. The van der Waals surface area contributed by atoms with E-state index >= 15 is 0 Å². The second kappa shape index (κ2) is 8.99. The average Bonchev–Trinajstić information content (AvgIpc) is 3.12. The van der Waals surface area contributed by atoms with Crippen molar-refractivity contribution in [2.75, 3.05) is 26.7 Å². The topological polar surface area (TPSA) is 47.9 Å². The summed E-state index contributed by atoms with van der Waals surface area (Å²) in [6.45, 7) is 4.72. The second-order valence-corrected chi connectivity index (χ2v) is 7.59. The van der Waals surface area contributed by atoms with Crippen LogP contribution in [-0.4, -0.2) is 48.3 Å². The molecule has 0 atom stereocenters. The highest BCUT2D eigenvalue weighted by atomic mass is 32.1. The van der Waals surface area contributed by atoms with Crippen LogP contribution in [0.3, 0.4) is 0 Å². The van der Waals surface area contributed by atoms with Gasteiger partial charge in [0, 0.05) is 38.1 Å². The Balaban J connectivity index is 1.62. The van der Waals surface area contributed by atoms with Crippen molar-refractivity contribution in [3.05, 3.63) is 57.5 Å². The van der Waals surface area contributed by atoms with Gasteiger partial charge in [0.15, 0.2) is 5.96 Å². The summed E-state index contributed by atoms with van der Waals surface area (Å²) in [4.78, 5) is 22.2. The first kappa shape index (κ1) is 19.4. The van der Waals surface area contributed by atoms with Gasteiger partial charge in [-0.15, -0.1) is 11.3 Å². The number of nitrogens with zero attached hydrogens (tertiary/aromatic N) is 3. The van der Waals surface area contributed by atoms with Gasteiger partial charge in [0.1, 0.15) is 12.4 Å². The van der Waals surface area contributed by atoms with Crippen LogP contribution in [0.2, 0.25) is 0 Å². The molecular weight excluding hydrogens is 363 g/mol. The largest absolute Gasteiger partial charge is 0.357 e. The van der Waals surface area contributed by atoms with Gasteiger partial charge in [0.05, 0.1) is 0 Å². The summed E-state index contributed by atoms with van der Waals surface area (Å²) >= 11 is 1.76. The Morgan fingerprint density at radius 1 is 1.41 bits per heavy atom. The molecule has 1 aromatic heterocycles. The zero-order valence-electron chi connectivity index (χ0n) is 15.7. The number of thiophene rings is 1. The van der Waals surface area contributed by atoms with E-state index in [1.807, 2.05) is 29.8 Å². The number of guanidine groups is 1. The summed E-state index contributed by atoms with van der Waals surface area (Å²) < 4.78 is 13.4. The predicted octanol–water partition coefficient (Wildman–Crippen LogP) is 2.87. The van der Waals surface area contributed by atoms with E-state index in [1.165, 1.54) is 22.6 Å². The van der Waals surface area contributed by atoms with E-state index in [2.05, 4.69) is 21.8 Å². The zero-order valence-corrected chi connectivity index (χ0v) is 16.6. The van der Waals surface area contributed by atoms with Crippen molar-refractivity contribution in [1.82, 2.24) is 15.1 Å². The van der Waals surface area contributed by atoms with Crippen LogP contribution in [0.15, 0.2) is 40.7 Å². The van der Waals surface area contributed by atoms with Crippen molar-refractivity contribution in [2.24, 2.45) is 4.99 Å². The number of nitrogens with one attached hydrogen (secondary N) is 1. The number of fused-ring (bicyclic) bond motifs is 1. The molecule has 0 unspecified atom stereocenters. The molecule has 2 aromatic rings. The monoisotopic (exact) mass is 388 g/mol. The maximum atomic E-state index is 13.4. The minimum absolute atomic E-state index is 0.0291. The average molecular weight is 389 g/mol. The van der Waals surface area contributed by atoms with Gasteiger partial charge in [-0.25, -0.2) is 9.38 Å². The molecule has 2 heterocycles. The summed E-state index contributed by atoms with van der Waals surface area (Å²) in [5.74, 6) is 0.417. The van der Waals surface area contributed by atoms with Crippen molar-refractivity contribution < 1.29 is 9.18 Å². The van der Waals surface area contributed by atoms with Crippen molar-refractivity contribution in [1.29, 1.82) is 0 Å². The molecule has 1 N–H and O–H groups in total. The first-order chi connectivity index (χ1) is 13.1. The Kier molecular flexibility index (Phi) is 6.45. The first-order valence-electron chi connectivity index (χ1n) is 9.13. The molecule has 0 bridgehead atoms. The number of carbonyl (C=O) groups is 1. The van der Waals surface area contributed by atoms with Crippen LogP contribution in [0.25, 0.3) is 0 Å². The van der Waals surface area contributed by atoms with Crippen LogP contribution in [0.4, 0.5) is 4.39 Å². The highest BCUT2D eigenvalue weighted by molar-refractivity contribution is 7.10. The molecule has 0 aliphatic carbocycles. The molecule has 7 heteroatoms. The second-order valence-electron chi connectivity index (χ2n) is 6.59. The summed E-state index contributed by atoms with van der Waals surface area (Å²) in [7, 11) is 1.88. The van der Waals surface area contributed by atoms with Gasteiger partial charge < -0.3 is 15.1 Å². The minimum atomic E-state index is -0.254. The Bertz CT molecular complexity index is 820. The van der Waals surface area contributed by atoms with Gasteiger partial charge >= 0.3 is 0 Å². The van der Waals surface area contributed by atoms with Gasteiger partial charge in [-0.05, 0) is 48.1 Å². The molecule has 1 aliphatic rings. The Hall–Kier alpha value is -2.41. The molecule has 144 valence electrons. The lowest BCUT2D eigenvalue weighted by atomic mass is 10.1. The Labute approximate surface area is 163 Å². The smallest absolute Gasteiger partial charge is 0.244 e. The van der Waals surface area contributed by atoms with Gasteiger partial charge in [0.2, 0.25) is 5.91 Å². The molecule has 0 radical (unpaired) electrons. The molecule has 5 nitrogen and oxygen atoms in total. The molecule has 1 aliphatic heterocycles. The fraction of sp³-hybridized carbons (Fsp3) is 0.400. The van der Waals surface area contributed by atoms with Gasteiger partial charge in [-0.2, -0.15) is 0 Å². The minimum Gasteiger partial charge on any atom is -0.357 e. The standard InChI is InChI=1S/C20H25FN4OS/c1-3-22-20(24(2)13-15-5-4-6-17(21)11-15)23-12-19(26)25-9-7-18-16(14-25)8-10-27-18/h4-6,8,10-11H,3,7,9,12-14H2,1-2H3,(H,22,23). The third kappa shape index (κ3) is 5.07. The van der Waals surface area contributed by atoms with Crippen LogP contribution in [-0.2, 0) is 24.3 Å². The van der Waals surface area contributed by atoms with E-state index in [-0.39, 0.29) is 18.3 Å². The molecule has 0 spiro atoms. The Morgan fingerprint density at radius 3 is 3.04 bits per heavy atom. The van der Waals surface area contributed by atoms with Crippen LogP contribution in [0.1, 0.15) is 22.9 Å². The maximum absolute atomic E-state index is 13.4. The van der Waals surface area contributed by atoms with Gasteiger partial charge in [0.25, 0.3) is 0 Å². The lowest BCUT2D eigenvalue weighted by Crippen LogP contribution is -2.41. The first-order valence-corrected chi connectivity index (χ1v) is 10.0. The number of hydrogen-bond acceptors (Lipinski definition) is 3. The SMILES string of the molecule is CCNC(=NCC(=O)N1CCc2sccc2C1)N(C)Cc1cccc(F)c1. The lowest BCUT2D eigenvalue weighted by molar-refractivity contribution is -0.130. The summed E-state index contributed by atoms with van der Waals surface area (Å²) in [6, 6.07) is 8.61. The predicted molar refractivity (Wildman–Crippen MR) is 107 cm³/mol. The normalized spacial score (nSPS) is 14.0. The van der Waals surface area contributed by atoms with E-state index in [9.17, 15) is 9.18 Å². The highest BCUT2D eigenvalue weighted by Crippen LogP contribution is 2.23. The lowest BCUT2D eigenvalue weighted by Gasteiger charge is -2.27. The molecule has 0 saturated heterocycles. The van der Waals surface area contributed by atoms with Crippen LogP contribution in [0, 0.1) is 5.82 Å². The highest BCUT2D eigenvalue weighted by Gasteiger charge is 2.21. The van der Waals surface area contributed by atoms with E-state index in [0.29, 0.717) is 25.6 Å². The van der Waals surface area contributed by atoms with E-state index < -0.39 is 0 Å². The van der Waals surface area contributed by atoms with Crippen molar-refractivity contribution in [3.63, 3.8) is 0 Å². The Morgan fingerprint density at radius 2 is 2.26 bits per heavy atom. The summed E-state index contributed by atoms with van der Waals surface area (Å²) in [5, 5.41) is 5.28. The number of rotatable bonds is 5. The van der Waals surface area contributed by atoms with E-state index in [0.717, 1.165) is 18.5 Å².